The normalized spacial score (nSPS) is 13.8. The van der Waals surface area contributed by atoms with Gasteiger partial charge >= 0.3 is 5.97 Å². The number of carbonyl (C=O) groups excluding carboxylic acids is 2. The van der Waals surface area contributed by atoms with Crippen LogP contribution < -0.4 is 15.0 Å². The number of carboxylic acid groups (broad SMARTS) is 1. The number of ether oxygens (including phenoxy) is 1. The van der Waals surface area contributed by atoms with Gasteiger partial charge in [0.25, 0.3) is 5.91 Å². The first-order valence-corrected chi connectivity index (χ1v) is 8.46. The van der Waals surface area contributed by atoms with Crippen molar-refractivity contribution < 1.29 is 24.2 Å². The molecule has 7 nitrogen and oxygen atoms in total. The molecule has 0 atom stereocenters. The van der Waals surface area contributed by atoms with Crippen LogP contribution in [0, 0.1) is 5.41 Å². The fraction of sp³-hybridized carbons (Fsp3) is 0.500. The Morgan fingerprint density at radius 1 is 1.28 bits per heavy atom. The second kappa shape index (κ2) is 8.00. The number of carbonyl (C=O) groups is 3. The molecule has 0 unspecified atom stereocenters. The van der Waals surface area contributed by atoms with Crippen LogP contribution >= 0.6 is 0 Å². The van der Waals surface area contributed by atoms with E-state index in [2.05, 4.69) is 5.32 Å². The van der Waals surface area contributed by atoms with Gasteiger partial charge in [0.15, 0.2) is 6.61 Å². The number of benzene rings is 1. The Kier molecular flexibility index (Phi) is 6.01. The Bertz CT molecular complexity index is 655. The molecule has 0 spiro atoms. The molecule has 1 aliphatic rings. The maximum atomic E-state index is 12.1. The summed E-state index contributed by atoms with van der Waals surface area (Å²) in [5.41, 5.74) is -0.301. The molecule has 0 saturated carbocycles. The van der Waals surface area contributed by atoms with Crippen LogP contribution in [0.1, 0.15) is 33.1 Å². The third kappa shape index (κ3) is 4.10. The van der Waals surface area contributed by atoms with Gasteiger partial charge in [0.2, 0.25) is 5.91 Å². The predicted molar refractivity (Wildman–Crippen MR) is 92.6 cm³/mol. The lowest BCUT2D eigenvalue weighted by Crippen LogP contribution is -2.44. The number of nitrogens with one attached hydrogen (secondary N) is 1. The standard InChI is InChI=1S/C18H24N2O5/c1-3-18(4-2,17(23)24)12-19-15(21)9-10-20-13-7-5-6-8-14(13)25-11-16(20)22/h5-8H,3-4,9-12H2,1-2H3,(H,19,21)(H,23,24). The van der Waals surface area contributed by atoms with Crippen LogP contribution in [-0.4, -0.2) is 42.6 Å². The van der Waals surface area contributed by atoms with Crippen LogP contribution in [0.25, 0.3) is 0 Å². The summed E-state index contributed by atoms with van der Waals surface area (Å²) in [4.78, 5) is 37.2. The molecule has 2 rings (SSSR count). The van der Waals surface area contributed by atoms with E-state index < -0.39 is 11.4 Å². The molecule has 2 N–H and O–H groups in total. The molecule has 0 aliphatic carbocycles. The van der Waals surface area contributed by atoms with E-state index in [0.29, 0.717) is 24.3 Å². The van der Waals surface area contributed by atoms with Gasteiger partial charge in [-0.15, -0.1) is 0 Å². The number of hydrogen-bond donors (Lipinski definition) is 2. The van der Waals surface area contributed by atoms with E-state index in [1.165, 1.54) is 4.90 Å². The molecule has 0 radical (unpaired) electrons. The van der Waals surface area contributed by atoms with Gasteiger partial charge in [-0.05, 0) is 25.0 Å². The average molecular weight is 348 g/mol. The number of fused-ring (bicyclic) bond motifs is 1. The van der Waals surface area contributed by atoms with Crippen molar-refractivity contribution >= 4 is 23.5 Å². The highest BCUT2D eigenvalue weighted by Crippen LogP contribution is 2.31. The van der Waals surface area contributed by atoms with Crippen LogP contribution in [0.15, 0.2) is 24.3 Å². The molecule has 25 heavy (non-hydrogen) atoms. The quantitative estimate of drug-likeness (QED) is 0.747. The van der Waals surface area contributed by atoms with Crippen LogP contribution in [0.3, 0.4) is 0 Å². The van der Waals surface area contributed by atoms with E-state index in [0.717, 1.165) is 0 Å². The summed E-state index contributed by atoms with van der Waals surface area (Å²) in [6, 6.07) is 7.17. The molecule has 0 fully saturated rings. The second-order valence-electron chi connectivity index (χ2n) is 6.12. The van der Waals surface area contributed by atoms with Crippen LogP contribution in [0.5, 0.6) is 5.75 Å². The highest BCUT2D eigenvalue weighted by Gasteiger charge is 2.35. The van der Waals surface area contributed by atoms with Gasteiger partial charge in [0, 0.05) is 19.5 Å². The molecule has 0 aromatic heterocycles. The SMILES string of the molecule is CCC(CC)(CNC(=O)CCN1C(=O)COc2ccccc21)C(=O)O. The van der Waals surface area contributed by atoms with Crippen molar-refractivity contribution in [2.45, 2.75) is 33.1 Å². The second-order valence-corrected chi connectivity index (χ2v) is 6.12. The number of hydrogen-bond acceptors (Lipinski definition) is 4. The summed E-state index contributed by atoms with van der Waals surface area (Å²) >= 11 is 0. The first kappa shape index (κ1) is 18.8. The highest BCUT2D eigenvalue weighted by molar-refractivity contribution is 5.98. The van der Waals surface area contributed by atoms with E-state index in [1.807, 2.05) is 6.07 Å². The maximum Gasteiger partial charge on any atom is 0.311 e. The molecule has 1 aliphatic heterocycles. The zero-order valence-corrected chi connectivity index (χ0v) is 14.6. The van der Waals surface area contributed by atoms with Gasteiger partial charge in [-0.2, -0.15) is 0 Å². The number of anilines is 1. The zero-order chi connectivity index (χ0) is 18.4. The monoisotopic (exact) mass is 348 g/mol. The summed E-state index contributed by atoms with van der Waals surface area (Å²) in [7, 11) is 0. The number of amides is 2. The van der Waals surface area contributed by atoms with E-state index in [1.54, 1.807) is 32.0 Å². The van der Waals surface area contributed by atoms with Gasteiger partial charge < -0.3 is 20.1 Å². The number of nitrogens with zero attached hydrogens (tertiary/aromatic N) is 1. The third-order valence-electron chi connectivity index (χ3n) is 4.80. The smallest absolute Gasteiger partial charge is 0.311 e. The lowest BCUT2D eigenvalue weighted by atomic mass is 9.82. The van der Waals surface area contributed by atoms with Crippen molar-refractivity contribution in [3.05, 3.63) is 24.3 Å². The van der Waals surface area contributed by atoms with Gasteiger partial charge in [0.05, 0.1) is 11.1 Å². The van der Waals surface area contributed by atoms with E-state index >= 15 is 0 Å². The van der Waals surface area contributed by atoms with Gasteiger partial charge in [-0.25, -0.2) is 0 Å². The third-order valence-corrected chi connectivity index (χ3v) is 4.80. The van der Waals surface area contributed by atoms with E-state index in [-0.39, 0.29) is 37.9 Å². The van der Waals surface area contributed by atoms with E-state index in [9.17, 15) is 19.5 Å². The number of carboxylic acids is 1. The Morgan fingerprint density at radius 3 is 2.60 bits per heavy atom. The molecule has 1 heterocycles. The first-order chi connectivity index (χ1) is 11.9. The number of rotatable bonds is 8. The van der Waals surface area contributed by atoms with Crippen molar-refractivity contribution in [2.75, 3.05) is 24.6 Å². The molecule has 7 heteroatoms. The molecular weight excluding hydrogens is 324 g/mol. The van der Waals surface area contributed by atoms with Gasteiger partial charge in [-0.3, -0.25) is 14.4 Å². The van der Waals surface area contributed by atoms with Crippen molar-refractivity contribution in [1.82, 2.24) is 5.32 Å². The van der Waals surface area contributed by atoms with Crippen LogP contribution in [0.4, 0.5) is 5.69 Å². The summed E-state index contributed by atoms with van der Waals surface area (Å²) in [6.45, 7) is 3.86. The molecule has 136 valence electrons. The van der Waals surface area contributed by atoms with Gasteiger partial charge in [0.1, 0.15) is 5.75 Å². The topological polar surface area (TPSA) is 95.9 Å². The summed E-state index contributed by atoms with van der Waals surface area (Å²) in [6.07, 6.45) is 0.978. The molecule has 0 saturated heterocycles. The maximum absolute atomic E-state index is 12.1. The largest absolute Gasteiger partial charge is 0.482 e. The lowest BCUT2D eigenvalue weighted by Gasteiger charge is -2.29. The molecule has 1 aromatic rings. The molecule has 1 aromatic carbocycles. The van der Waals surface area contributed by atoms with Crippen molar-refractivity contribution in [3.63, 3.8) is 0 Å². The van der Waals surface area contributed by atoms with E-state index in [4.69, 9.17) is 4.74 Å². The van der Waals surface area contributed by atoms with Crippen LogP contribution in [-0.2, 0) is 14.4 Å². The Hall–Kier alpha value is -2.57. The number of para-hydroxylation sites is 2. The van der Waals surface area contributed by atoms with Crippen molar-refractivity contribution in [1.29, 1.82) is 0 Å². The van der Waals surface area contributed by atoms with Gasteiger partial charge in [-0.1, -0.05) is 26.0 Å². The lowest BCUT2D eigenvalue weighted by molar-refractivity contribution is -0.149. The first-order valence-electron chi connectivity index (χ1n) is 8.46. The Morgan fingerprint density at radius 2 is 1.96 bits per heavy atom. The Labute approximate surface area is 147 Å². The minimum Gasteiger partial charge on any atom is -0.482 e. The van der Waals surface area contributed by atoms with Crippen LogP contribution in [0.2, 0.25) is 0 Å². The summed E-state index contributed by atoms with van der Waals surface area (Å²) < 4.78 is 5.36. The summed E-state index contributed by atoms with van der Waals surface area (Å²) in [5.74, 6) is -0.766. The Balaban J connectivity index is 1.94. The predicted octanol–water partition coefficient (Wildman–Crippen LogP) is 1.81. The molecule has 0 bridgehead atoms. The number of aliphatic carboxylic acids is 1. The zero-order valence-electron chi connectivity index (χ0n) is 14.6. The molecule has 2 amide bonds. The average Bonchev–Trinajstić information content (AvgIpc) is 2.62. The fourth-order valence-electron chi connectivity index (χ4n) is 2.85. The molecular formula is C18H24N2O5. The van der Waals surface area contributed by atoms with Crippen molar-refractivity contribution in [3.8, 4) is 5.75 Å². The minimum atomic E-state index is -0.947. The highest BCUT2D eigenvalue weighted by atomic mass is 16.5. The fourth-order valence-corrected chi connectivity index (χ4v) is 2.85. The van der Waals surface area contributed by atoms with Crippen molar-refractivity contribution in [2.24, 2.45) is 5.41 Å². The summed E-state index contributed by atoms with van der Waals surface area (Å²) in [5, 5.41) is 12.1. The minimum absolute atomic E-state index is 0.0492.